The Morgan fingerprint density at radius 2 is 2.10 bits per heavy atom. The first-order chi connectivity index (χ1) is 9.74. The Morgan fingerprint density at radius 3 is 2.85 bits per heavy atom. The molecule has 1 aliphatic carbocycles. The topological polar surface area (TPSA) is 68.1 Å². The zero-order chi connectivity index (χ0) is 13.9. The molecule has 0 bridgehead atoms. The van der Waals surface area contributed by atoms with E-state index in [-0.39, 0.29) is 11.7 Å². The molecule has 0 spiro atoms. The van der Waals surface area contributed by atoms with Crippen LogP contribution >= 0.6 is 0 Å². The van der Waals surface area contributed by atoms with Crippen LogP contribution in [0.25, 0.3) is 0 Å². The van der Waals surface area contributed by atoms with E-state index in [1.165, 1.54) is 23.4 Å². The number of nitrogens with one attached hydrogen (secondary N) is 1. The normalized spacial score (nSPS) is 17.3. The molecule has 5 heteroatoms. The molecular weight excluding hydrogens is 254 g/mol. The SMILES string of the molecule is O=[N+]([O-])c1ccc(NC2CCCc3ccccc32)nc1. The van der Waals surface area contributed by atoms with Crippen molar-refractivity contribution in [2.75, 3.05) is 5.32 Å². The Kier molecular flexibility index (Phi) is 3.33. The summed E-state index contributed by atoms with van der Waals surface area (Å²) in [4.78, 5) is 14.3. The quantitative estimate of drug-likeness (QED) is 0.684. The minimum absolute atomic E-state index is 0.0135. The van der Waals surface area contributed by atoms with Gasteiger partial charge in [0.25, 0.3) is 5.69 Å². The molecule has 1 aromatic carbocycles. The van der Waals surface area contributed by atoms with Crippen LogP contribution in [0.3, 0.4) is 0 Å². The first-order valence-corrected chi connectivity index (χ1v) is 6.69. The molecule has 0 fully saturated rings. The maximum absolute atomic E-state index is 10.6. The van der Waals surface area contributed by atoms with Crippen molar-refractivity contribution in [1.29, 1.82) is 0 Å². The monoisotopic (exact) mass is 269 g/mol. The third-order valence-electron chi connectivity index (χ3n) is 3.65. The zero-order valence-electron chi connectivity index (χ0n) is 11.0. The summed E-state index contributed by atoms with van der Waals surface area (Å²) in [5, 5.41) is 14.0. The van der Waals surface area contributed by atoms with E-state index in [1.54, 1.807) is 6.07 Å². The minimum Gasteiger partial charge on any atom is -0.363 e. The Balaban J connectivity index is 1.80. The summed E-state index contributed by atoms with van der Waals surface area (Å²) in [6.45, 7) is 0. The molecule has 0 saturated carbocycles. The van der Waals surface area contributed by atoms with E-state index in [4.69, 9.17) is 0 Å². The third kappa shape index (κ3) is 2.47. The van der Waals surface area contributed by atoms with Crippen molar-refractivity contribution in [3.05, 3.63) is 63.8 Å². The molecule has 1 heterocycles. The fourth-order valence-electron chi connectivity index (χ4n) is 2.66. The summed E-state index contributed by atoms with van der Waals surface area (Å²) >= 11 is 0. The maximum Gasteiger partial charge on any atom is 0.287 e. The number of nitro groups is 1. The highest BCUT2D eigenvalue weighted by Crippen LogP contribution is 2.32. The highest BCUT2D eigenvalue weighted by atomic mass is 16.6. The van der Waals surface area contributed by atoms with Crippen LogP contribution in [0, 0.1) is 10.1 Å². The molecule has 1 atom stereocenters. The van der Waals surface area contributed by atoms with Gasteiger partial charge in [-0.2, -0.15) is 0 Å². The van der Waals surface area contributed by atoms with Crippen molar-refractivity contribution in [1.82, 2.24) is 4.98 Å². The number of anilines is 1. The van der Waals surface area contributed by atoms with E-state index < -0.39 is 4.92 Å². The summed E-state index contributed by atoms with van der Waals surface area (Å²) in [6.07, 6.45) is 4.59. The van der Waals surface area contributed by atoms with Crippen LogP contribution in [-0.2, 0) is 6.42 Å². The van der Waals surface area contributed by atoms with Crippen LogP contribution in [0.15, 0.2) is 42.6 Å². The second-order valence-electron chi connectivity index (χ2n) is 4.95. The number of nitrogens with zero attached hydrogens (tertiary/aromatic N) is 2. The van der Waals surface area contributed by atoms with E-state index in [2.05, 4.69) is 28.5 Å². The first kappa shape index (κ1) is 12.6. The number of aryl methyl sites for hydroxylation is 1. The maximum atomic E-state index is 10.6. The van der Waals surface area contributed by atoms with Gasteiger partial charge in [0.15, 0.2) is 0 Å². The van der Waals surface area contributed by atoms with Gasteiger partial charge in [-0.3, -0.25) is 10.1 Å². The van der Waals surface area contributed by atoms with Gasteiger partial charge in [-0.05, 0) is 36.5 Å². The van der Waals surface area contributed by atoms with Crippen LogP contribution in [0.5, 0.6) is 0 Å². The summed E-state index contributed by atoms with van der Waals surface area (Å²) < 4.78 is 0. The molecule has 1 aliphatic rings. The number of rotatable bonds is 3. The van der Waals surface area contributed by atoms with Crippen LogP contribution in [-0.4, -0.2) is 9.91 Å². The molecule has 0 radical (unpaired) electrons. The van der Waals surface area contributed by atoms with E-state index in [9.17, 15) is 10.1 Å². The Morgan fingerprint density at radius 1 is 1.25 bits per heavy atom. The standard InChI is InChI=1S/C15H15N3O2/c19-18(20)12-8-9-15(16-10-12)17-14-7-3-5-11-4-1-2-6-13(11)14/h1-2,4,6,8-10,14H,3,5,7H2,(H,16,17). The Bertz CT molecular complexity index is 625. The molecule has 1 unspecified atom stereocenters. The first-order valence-electron chi connectivity index (χ1n) is 6.69. The minimum atomic E-state index is -0.438. The fraction of sp³-hybridized carbons (Fsp3) is 0.267. The third-order valence-corrected chi connectivity index (χ3v) is 3.65. The molecule has 1 N–H and O–H groups in total. The van der Waals surface area contributed by atoms with Gasteiger partial charge < -0.3 is 5.32 Å². The lowest BCUT2D eigenvalue weighted by atomic mass is 9.88. The number of benzene rings is 1. The van der Waals surface area contributed by atoms with Gasteiger partial charge in [0, 0.05) is 6.07 Å². The Hall–Kier alpha value is -2.43. The molecule has 1 aromatic heterocycles. The van der Waals surface area contributed by atoms with E-state index in [0.717, 1.165) is 19.3 Å². The van der Waals surface area contributed by atoms with E-state index >= 15 is 0 Å². The number of fused-ring (bicyclic) bond motifs is 1. The number of hydrogen-bond acceptors (Lipinski definition) is 4. The van der Waals surface area contributed by atoms with Gasteiger partial charge in [0.2, 0.25) is 0 Å². The molecule has 0 amide bonds. The van der Waals surface area contributed by atoms with Crippen molar-refractivity contribution in [2.45, 2.75) is 25.3 Å². The number of aromatic nitrogens is 1. The van der Waals surface area contributed by atoms with Crippen LogP contribution in [0.1, 0.15) is 30.0 Å². The average molecular weight is 269 g/mol. The molecule has 0 saturated heterocycles. The fourth-order valence-corrected chi connectivity index (χ4v) is 2.66. The van der Waals surface area contributed by atoms with Crippen LogP contribution in [0.4, 0.5) is 11.5 Å². The molecule has 0 aliphatic heterocycles. The predicted octanol–water partition coefficient (Wildman–Crippen LogP) is 3.48. The van der Waals surface area contributed by atoms with Gasteiger partial charge in [0.05, 0.1) is 11.0 Å². The molecule has 5 nitrogen and oxygen atoms in total. The second-order valence-corrected chi connectivity index (χ2v) is 4.95. The average Bonchev–Trinajstić information content (AvgIpc) is 2.48. The molecule has 3 rings (SSSR count). The summed E-state index contributed by atoms with van der Waals surface area (Å²) in [5.74, 6) is 0.678. The number of hydrogen-bond donors (Lipinski definition) is 1. The van der Waals surface area contributed by atoms with Crippen molar-refractivity contribution in [2.24, 2.45) is 0 Å². The van der Waals surface area contributed by atoms with Crippen molar-refractivity contribution >= 4 is 11.5 Å². The van der Waals surface area contributed by atoms with Gasteiger partial charge in [-0.25, -0.2) is 4.98 Å². The van der Waals surface area contributed by atoms with Gasteiger partial charge in [-0.1, -0.05) is 24.3 Å². The van der Waals surface area contributed by atoms with Gasteiger partial charge >= 0.3 is 0 Å². The molecule has 102 valence electrons. The summed E-state index contributed by atoms with van der Waals surface area (Å²) in [7, 11) is 0. The van der Waals surface area contributed by atoms with Gasteiger partial charge in [0.1, 0.15) is 12.0 Å². The van der Waals surface area contributed by atoms with Crippen LogP contribution < -0.4 is 5.32 Å². The highest BCUT2D eigenvalue weighted by molar-refractivity contribution is 5.44. The second kappa shape index (κ2) is 5.28. The zero-order valence-corrected chi connectivity index (χ0v) is 11.0. The summed E-state index contributed by atoms with van der Waals surface area (Å²) in [6, 6.07) is 11.8. The summed E-state index contributed by atoms with van der Waals surface area (Å²) in [5.41, 5.74) is 2.69. The number of pyridine rings is 1. The lowest BCUT2D eigenvalue weighted by Crippen LogP contribution is -2.17. The van der Waals surface area contributed by atoms with E-state index in [1.807, 2.05) is 6.07 Å². The van der Waals surface area contributed by atoms with Crippen molar-refractivity contribution in [3.8, 4) is 0 Å². The largest absolute Gasteiger partial charge is 0.363 e. The lowest BCUT2D eigenvalue weighted by molar-refractivity contribution is -0.385. The molecule has 20 heavy (non-hydrogen) atoms. The molecular formula is C15H15N3O2. The van der Waals surface area contributed by atoms with Crippen LogP contribution in [0.2, 0.25) is 0 Å². The lowest BCUT2D eigenvalue weighted by Gasteiger charge is -2.26. The predicted molar refractivity (Wildman–Crippen MR) is 76.6 cm³/mol. The smallest absolute Gasteiger partial charge is 0.287 e. The van der Waals surface area contributed by atoms with Crippen molar-refractivity contribution in [3.63, 3.8) is 0 Å². The highest BCUT2D eigenvalue weighted by Gasteiger charge is 2.19. The Labute approximate surface area is 116 Å². The van der Waals surface area contributed by atoms with Crippen molar-refractivity contribution < 1.29 is 4.92 Å². The van der Waals surface area contributed by atoms with Gasteiger partial charge in [-0.15, -0.1) is 0 Å². The molecule has 2 aromatic rings. The van der Waals surface area contributed by atoms with E-state index in [0.29, 0.717) is 5.82 Å².